The Morgan fingerprint density at radius 3 is 2.89 bits per heavy atom. The van der Waals surface area contributed by atoms with E-state index in [4.69, 9.17) is 0 Å². The molecule has 0 aliphatic heterocycles. The van der Waals surface area contributed by atoms with Gasteiger partial charge in [-0.25, -0.2) is 14.2 Å². The number of methoxy groups -OCH3 is 1. The van der Waals surface area contributed by atoms with Crippen molar-refractivity contribution in [2.45, 2.75) is 13.0 Å². The van der Waals surface area contributed by atoms with Crippen LogP contribution >= 0.6 is 11.3 Å². The SMILES string of the molecule is COC(=O)c1cnc(NC(C)c2ccccc2F)s1. The van der Waals surface area contributed by atoms with E-state index in [1.165, 1.54) is 30.7 Å². The second-order valence-corrected chi connectivity index (χ2v) is 4.94. The van der Waals surface area contributed by atoms with Gasteiger partial charge in [0.25, 0.3) is 0 Å². The number of hydrogen-bond acceptors (Lipinski definition) is 5. The van der Waals surface area contributed by atoms with E-state index in [0.29, 0.717) is 15.6 Å². The average molecular weight is 280 g/mol. The number of aromatic nitrogens is 1. The molecule has 0 aliphatic rings. The Hall–Kier alpha value is -1.95. The zero-order valence-electron chi connectivity index (χ0n) is 10.5. The molecule has 19 heavy (non-hydrogen) atoms. The summed E-state index contributed by atoms with van der Waals surface area (Å²) >= 11 is 1.18. The normalized spacial score (nSPS) is 11.9. The average Bonchev–Trinajstić information content (AvgIpc) is 2.86. The maximum Gasteiger partial charge on any atom is 0.349 e. The van der Waals surface area contributed by atoms with Gasteiger partial charge in [-0.05, 0) is 13.0 Å². The maximum absolute atomic E-state index is 13.6. The number of nitrogens with one attached hydrogen (secondary N) is 1. The molecular weight excluding hydrogens is 267 g/mol. The lowest BCUT2D eigenvalue weighted by atomic mass is 10.1. The fraction of sp³-hybridized carbons (Fsp3) is 0.231. The van der Waals surface area contributed by atoms with Gasteiger partial charge < -0.3 is 10.1 Å². The third-order valence-corrected chi connectivity index (χ3v) is 3.51. The molecule has 1 atom stereocenters. The first-order valence-corrected chi connectivity index (χ1v) is 6.48. The summed E-state index contributed by atoms with van der Waals surface area (Å²) in [5.41, 5.74) is 0.553. The molecule has 0 saturated carbocycles. The molecule has 4 nitrogen and oxygen atoms in total. The van der Waals surface area contributed by atoms with Gasteiger partial charge in [-0.3, -0.25) is 0 Å². The van der Waals surface area contributed by atoms with Gasteiger partial charge >= 0.3 is 5.97 Å². The van der Waals surface area contributed by atoms with Gasteiger partial charge in [0.15, 0.2) is 5.13 Å². The molecule has 1 unspecified atom stereocenters. The van der Waals surface area contributed by atoms with E-state index in [1.807, 2.05) is 6.92 Å². The van der Waals surface area contributed by atoms with Crippen molar-refractivity contribution in [2.75, 3.05) is 12.4 Å². The van der Waals surface area contributed by atoms with Crippen molar-refractivity contribution in [3.05, 3.63) is 46.7 Å². The second-order valence-electron chi connectivity index (χ2n) is 3.91. The van der Waals surface area contributed by atoms with Crippen LogP contribution < -0.4 is 5.32 Å². The van der Waals surface area contributed by atoms with Gasteiger partial charge in [0.2, 0.25) is 0 Å². The van der Waals surface area contributed by atoms with E-state index in [1.54, 1.807) is 18.2 Å². The summed E-state index contributed by atoms with van der Waals surface area (Å²) in [5, 5.41) is 3.61. The van der Waals surface area contributed by atoms with Crippen LogP contribution in [0.3, 0.4) is 0 Å². The minimum Gasteiger partial charge on any atom is -0.465 e. The zero-order valence-corrected chi connectivity index (χ0v) is 11.3. The van der Waals surface area contributed by atoms with E-state index in [0.717, 1.165) is 0 Å². The van der Waals surface area contributed by atoms with Gasteiger partial charge in [-0.15, -0.1) is 0 Å². The monoisotopic (exact) mass is 280 g/mol. The number of carbonyl (C=O) groups excluding carboxylic acids is 1. The van der Waals surface area contributed by atoms with Crippen molar-refractivity contribution in [2.24, 2.45) is 0 Å². The highest BCUT2D eigenvalue weighted by Crippen LogP contribution is 2.25. The summed E-state index contributed by atoms with van der Waals surface area (Å²) in [7, 11) is 1.32. The van der Waals surface area contributed by atoms with Crippen LogP contribution in [0.4, 0.5) is 9.52 Å². The minimum absolute atomic E-state index is 0.238. The number of thiazole rings is 1. The molecule has 0 aliphatic carbocycles. The van der Waals surface area contributed by atoms with Crippen LogP contribution in [-0.4, -0.2) is 18.1 Å². The second kappa shape index (κ2) is 5.79. The molecule has 0 bridgehead atoms. The Balaban J connectivity index is 2.11. The van der Waals surface area contributed by atoms with Crippen LogP contribution in [0, 0.1) is 5.82 Å². The van der Waals surface area contributed by atoms with Gasteiger partial charge in [0, 0.05) is 5.56 Å². The Labute approximate surface area is 114 Å². The number of halogens is 1. The van der Waals surface area contributed by atoms with Crippen LogP contribution in [0.1, 0.15) is 28.2 Å². The van der Waals surface area contributed by atoms with Crippen LogP contribution in [0.15, 0.2) is 30.5 Å². The quantitative estimate of drug-likeness (QED) is 0.873. The fourth-order valence-electron chi connectivity index (χ4n) is 1.63. The van der Waals surface area contributed by atoms with E-state index in [9.17, 15) is 9.18 Å². The number of esters is 1. The lowest BCUT2D eigenvalue weighted by molar-refractivity contribution is 0.0606. The number of carbonyl (C=O) groups is 1. The number of rotatable bonds is 4. The molecule has 100 valence electrons. The van der Waals surface area contributed by atoms with E-state index < -0.39 is 5.97 Å². The Kier molecular flexibility index (Phi) is 4.11. The van der Waals surface area contributed by atoms with E-state index in [-0.39, 0.29) is 11.9 Å². The highest BCUT2D eigenvalue weighted by molar-refractivity contribution is 7.17. The molecule has 0 radical (unpaired) electrons. The van der Waals surface area contributed by atoms with Crippen LogP contribution in [0.2, 0.25) is 0 Å². The van der Waals surface area contributed by atoms with Crippen LogP contribution in [-0.2, 0) is 4.74 Å². The topological polar surface area (TPSA) is 51.2 Å². The van der Waals surface area contributed by atoms with Gasteiger partial charge in [0.1, 0.15) is 10.7 Å². The van der Waals surface area contributed by atoms with Gasteiger partial charge in [0.05, 0.1) is 19.3 Å². The summed E-state index contributed by atoms with van der Waals surface area (Å²) in [6.07, 6.45) is 1.44. The van der Waals surface area contributed by atoms with Crippen molar-refractivity contribution in [3.8, 4) is 0 Å². The lowest BCUT2D eigenvalue weighted by Crippen LogP contribution is -2.08. The lowest BCUT2D eigenvalue weighted by Gasteiger charge is -2.13. The molecule has 2 aromatic rings. The number of hydrogen-bond donors (Lipinski definition) is 1. The first-order chi connectivity index (χ1) is 9.11. The molecule has 1 aromatic carbocycles. The number of benzene rings is 1. The molecular formula is C13H13FN2O2S. The summed E-state index contributed by atoms with van der Waals surface area (Å²) in [4.78, 5) is 15.8. The van der Waals surface area contributed by atoms with Crippen LogP contribution in [0.25, 0.3) is 0 Å². The third-order valence-electron chi connectivity index (χ3n) is 2.60. The molecule has 6 heteroatoms. The molecule has 0 fully saturated rings. The van der Waals surface area contributed by atoms with Crippen LogP contribution in [0.5, 0.6) is 0 Å². The van der Waals surface area contributed by atoms with Crippen molar-refractivity contribution in [1.29, 1.82) is 0 Å². The highest BCUT2D eigenvalue weighted by Gasteiger charge is 2.14. The maximum atomic E-state index is 13.6. The predicted octanol–water partition coefficient (Wildman–Crippen LogP) is 3.24. The summed E-state index contributed by atoms with van der Waals surface area (Å²) in [6.45, 7) is 1.83. The molecule has 2 rings (SSSR count). The number of anilines is 1. The summed E-state index contributed by atoms with van der Waals surface area (Å²) in [6, 6.07) is 6.30. The number of nitrogens with zero attached hydrogens (tertiary/aromatic N) is 1. The van der Waals surface area contributed by atoms with Crippen molar-refractivity contribution in [3.63, 3.8) is 0 Å². The van der Waals surface area contributed by atoms with Gasteiger partial charge in [-0.2, -0.15) is 0 Å². The number of ether oxygens (including phenoxy) is 1. The highest BCUT2D eigenvalue weighted by atomic mass is 32.1. The molecule has 0 saturated heterocycles. The Bertz CT molecular complexity index is 586. The van der Waals surface area contributed by atoms with Crippen molar-refractivity contribution in [1.82, 2.24) is 4.98 Å². The standard InChI is InChI=1S/C13H13FN2O2S/c1-8(9-5-3-4-6-10(9)14)16-13-15-7-11(19-13)12(17)18-2/h3-8H,1-2H3,(H,15,16). The molecule has 0 amide bonds. The molecule has 1 aromatic heterocycles. The zero-order chi connectivity index (χ0) is 13.8. The predicted molar refractivity (Wildman–Crippen MR) is 71.9 cm³/mol. The first kappa shape index (κ1) is 13.5. The van der Waals surface area contributed by atoms with Crippen molar-refractivity contribution < 1.29 is 13.9 Å². The minimum atomic E-state index is -0.427. The van der Waals surface area contributed by atoms with E-state index >= 15 is 0 Å². The summed E-state index contributed by atoms with van der Waals surface area (Å²) < 4.78 is 18.2. The molecule has 1 N–H and O–H groups in total. The fourth-order valence-corrected chi connectivity index (χ4v) is 2.45. The van der Waals surface area contributed by atoms with Crippen molar-refractivity contribution >= 4 is 22.4 Å². The smallest absolute Gasteiger partial charge is 0.349 e. The Morgan fingerprint density at radius 2 is 2.21 bits per heavy atom. The Morgan fingerprint density at radius 1 is 1.47 bits per heavy atom. The van der Waals surface area contributed by atoms with Gasteiger partial charge in [-0.1, -0.05) is 29.5 Å². The largest absolute Gasteiger partial charge is 0.465 e. The molecule has 0 spiro atoms. The third kappa shape index (κ3) is 3.08. The molecule has 1 heterocycles. The van der Waals surface area contributed by atoms with E-state index in [2.05, 4.69) is 15.0 Å². The first-order valence-electron chi connectivity index (χ1n) is 5.67. The summed E-state index contributed by atoms with van der Waals surface area (Å²) in [5.74, 6) is -0.698.